The molecule has 30 heavy (non-hydrogen) atoms. The highest BCUT2D eigenvalue weighted by Gasteiger charge is 2.55. The van der Waals surface area contributed by atoms with Crippen LogP contribution in [0.3, 0.4) is 0 Å². The van der Waals surface area contributed by atoms with Gasteiger partial charge in [-0.25, -0.2) is 4.79 Å². The van der Waals surface area contributed by atoms with E-state index in [1.807, 2.05) is 6.92 Å². The molecule has 10 heteroatoms. The minimum absolute atomic E-state index is 0.00809. The molecule has 0 amide bonds. The predicted molar refractivity (Wildman–Crippen MR) is 108 cm³/mol. The summed E-state index contributed by atoms with van der Waals surface area (Å²) < 4.78 is 32.6. The summed E-state index contributed by atoms with van der Waals surface area (Å²) in [5, 5.41) is 48.9. The van der Waals surface area contributed by atoms with Crippen LogP contribution in [0.5, 0.6) is 0 Å². The van der Waals surface area contributed by atoms with Crippen molar-refractivity contribution in [3.63, 3.8) is 0 Å². The molecule has 1 saturated carbocycles. The Kier molecular flexibility index (Phi) is 7.53. The molecule has 0 aromatic heterocycles. The molecule has 0 aliphatic heterocycles. The van der Waals surface area contributed by atoms with Crippen molar-refractivity contribution in [3.05, 3.63) is 22.8 Å². The first-order valence-electron chi connectivity index (χ1n) is 9.98. The summed E-state index contributed by atoms with van der Waals surface area (Å²) in [6, 6.07) is 0. The summed E-state index contributed by atoms with van der Waals surface area (Å²) in [6.45, 7) is 2.67. The van der Waals surface area contributed by atoms with Crippen LogP contribution in [0.4, 0.5) is 0 Å². The van der Waals surface area contributed by atoms with E-state index in [0.717, 1.165) is 0 Å². The zero-order chi connectivity index (χ0) is 22.9. The Bertz CT molecular complexity index is 831. The maximum Gasteiger partial charge on any atom is 0.333 e. The topological polar surface area (TPSA) is 173 Å². The smallest absolute Gasteiger partial charge is 0.333 e. The van der Waals surface area contributed by atoms with E-state index in [-0.39, 0.29) is 18.9 Å². The van der Waals surface area contributed by atoms with Crippen molar-refractivity contribution in [3.8, 4) is 0 Å². The van der Waals surface area contributed by atoms with Crippen LogP contribution in [0.2, 0.25) is 0 Å². The number of aliphatic carboxylic acids is 1. The molecule has 0 heterocycles. The van der Waals surface area contributed by atoms with E-state index in [0.29, 0.717) is 36.8 Å². The Morgan fingerprint density at radius 1 is 1.27 bits per heavy atom. The number of hydrogen-bond donors (Lipinski definition) is 6. The van der Waals surface area contributed by atoms with E-state index in [1.54, 1.807) is 6.92 Å². The third-order valence-corrected chi connectivity index (χ3v) is 7.83. The summed E-state index contributed by atoms with van der Waals surface area (Å²) >= 11 is 0. The number of aliphatic hydroxyl groups is 4. The first-order chi connectivity index (χ1) is 13.8. The van der Waals surface area contributed by atoms with E-state index in [2.05, 4.69) is 0 Å². The zero-order valence-electron chi connectivity index (χ0n) is 17.3. The lowest BCUT2D eigenvalue weighted by atomic mass is 9.48. The van der Waals surface area contributed by atoms with E-state index in [1.165, 1.54) is 6.08 Å². The lowest BCUT2D eigenvalue weighted by molar-refractivity contribution is -0.134. The molecule has 6 N–H and O–H groups in total. The highest BCUT2D eigenvalue weighted by Crippen LogP contribution is 2.60. The zero-order valence-corrected chi connectivity index (χ0v) is 18.1. The normalized spacial score (nSPS) is 33.9. The fourth-order valence-corrected chi connectivity index (χ4v) is 6.19. The quantitative estimate of drug-likeness (QED) is 0.175. The van der Waals surface area contributed by atoms with Crippen molar-refractivity contribution in [2.45, 2.75) is 58.2 Å². The van der Waals surface area contributed by atoms with Gasteiger partial charge in [-0.15, -0.1) is 0 Å². The highest BCUT2D eigenvalue weighted by atomic mass is 32.2. The van der Waals surface area contributed by atoms with Crippen LogP contribution in [0.25, 0.3) is 0 Å². The van der Waals surface area contributed by atoms with Crippen molar-refractivity contribution >= 4 is 16.1 Å². The number of rotatable bonds is 8. The van der Waals surface area contributed by atoms with Crippen LogP contribution in [0.1, 0.15) is 46.0 Å². The molecule has 172 valence electrons. The first-order valence-corrected chi connectivity index (χ1v) is 11.6. The largest absolute Gasteiger partial charge is 0.478 e. The molecule has 2 aliphatic rings. The molecule has 0 saturated heterocycles. The maximum atomic E-state index is 11.6. The first kappa shape index (κ1) is 25.0. The maximum absolute atomic E-state index is 11.6. The average molecular weight is 449 g/mol. The fourth-order valence-electron chi connectivity index (χ4n) is 5.43. The SMILES string of the molecule is C[C@@]12CC[C@@H](O)[C@@](C)(CO)C1CCC(CS(=O)(=O)O)=C2C/C=C(/C(=O)O)[C@H](O)CO. The Hall–Kier alpha value is -1.30. The van der Waals surface area contributed by atoms with Gasteiger partial charge in [-0.3, -0.25) is 4.55 Å². The van der Waals surface area contributed by atoms with Crippen molar-refractivity contribution in [2.75, 3.05) is 19.0 Å². The average Bonchev–Trinajstić information content (AvgIpc) is 2.65. The van der Waals surface area contributed by atoms with Crippen molar-refractivity contribution in [2.24, 2.45) is 16.7 Å². The lowest BCUT2D eigenvalue weighted by Crippen LogP contribution is -2.55. The number of fused-ring (bicyclic) bond motifs is 1. The van der Waals surface area contributed by atoms with Gasteiger partial charge < -0.3 is 25.5 Å². The third-order valence-electron chi connectivity index (χ3n) is 7.12. The molecule has 0 aromatic rings. The van der Waals surface area contributed by atoms with Gasteiger partial charge in [-0.1, -0.05) is 31.1 Å². The molecule has 9 nitrogen and oxygen atoms in total. The molecule has 2 aliphatic carbocycles. The molecule has 0 radical (unpaired) electrons. The molecule has 0 bridgehead atoms. The Balaban J connectivity index is 2.59. The standard InChI is InChI=1S/C20H32O9S/c1-19-8-7-17(24)20(2,11-22)16(19)6-3-12(10-30(27,28)29)14(19)5-4-13(18(25)26)15(23)9-21/h4,15-17,21-24H,3,5-11H2,1-2H3,(H,25,26)(H,27,28,29)/b13-4+/t15-,16?,17-,19+,20+/m1/s1. The monoisotopic (exact) mass is 448 g/mol. The van der Waals surface area contributed by atoms with E-state index < -0.39 is 57.1 Å². The lowest BCUT2D eigenvalue weighted by Gasteiger charge is -2.57. The van der Waals surface area contributed by atoms with Crippen molar-refractivity contribution < 1.29 is 43.3 Å². The van der Waals surface area contributed by atoms with Gasteiger partial charge in [0.1, 0.15) is 6.10 Å². The summed E-state index contributed by atoms with van der Waals surface area (Å²) in [5.74, 6) is -2.17. The summed E-state index contributed by atoms with van der Waals surface area (Å²) in [4.78, 5) is 11.5. The minimum Gasteiger partial charge on any atom is -0.478 e. The second kappa shape index (κ2) is 9.05. The summed E-state index contributed by atoms with van der Waals surface area (Å²) in [6.07, 6.45) is 0.650. The van der Waals surface area contributed by atoms with Crippen LogP contribution < -0.4 is 0 Å². The van der Waals surface area contributed by atoms with Gasteiger partial charge in [-0.2, -0.15) is 8.42 Å². The van der Waals surface area contributed by atoms with Gasteiger partial charge in [0.05, 0.1) is 30.6 Å². The predicted octanol–water partition coefficient (Wildman–Crippen LogP) is 0.495. The van der Waals surface area contributed by atoms with E-state index in [4.69, 9.17) is 5.11 Å². The summed E-state index contributed by atoms with van der Waals surface area (Å²) in [7, 11) is -4.33. The Morgan fingerprint density at radius 2 is 1.90 bits per heavy atom. The van der Waals surface area contributed by atoms with Gasteiger partial charge in [0.25, 0.3) is 10.1 Å². The molecule has 5 atom stereocenters. The third kappa shape index (κ3) is 4.79. The van der Waals surface area contributed by atoms with Crippen LogP contribution in [0.15, 0.2) is 22.8 Å². The summed E-state index contributed by atoms with van der Waals surface area (Å²) in [5.41, 5.74) is -0.743. The second-order valence-corrected chi connectivity index (χ2v) is 10.4. The van der Waals surface area contributed by atoms with Crippen LogP contribution in [-0.2, 0) is 14.9 Å². The van der Waals surface area contributed by atoms with Crippen molar-refractivity contribution in [1.82, 2.24) is 0 Å². The molecule has 0 aromatic carbocycles. The highest BCUT2D eigenvalue weighted by molar-refractivity contribution is 7.86. The van der Waals surface area contributed by atoms with E-state index in [9.17, 15) is 38.2 Å². The van der Waals surface area contributed by atoms with Crippen LogP contribution in [0, 0.1) is 16.7 Å². The van der Waals surface area contributed by atoms with Crippen LogP contribution >= 0.6 is 0 Å². The van der Waals surface area contributed by atoms with Gasteiger partial charge in [0, 0.05) is 5.41 Å². The number of carbonyl (C=O) groups is 1. The molecule has 0 spiro atoms. The van der Waals surface area contributed by atoms with Crippen LogP contribution in [-0.4, -0.2) is 75.6 Å². The van der Waals surface area contributed by atoms with Gasteiger partial charge in [0.15, 0.2) is 0 Å². The fraction of sp³-hybridized carbons (Fsp3) is 0.750. The minimum atomic E-state index is -4.33. The molecule has 1 unspecified atom stereocenters. The molecule has 2 rings (SSSR count). The number of carboxylic acid groups (broad SMARTS) is 1. The number of carboxylic acids is 1. The Labute approximate surface area is 176 Å². The van der Waals surface area contributed by atoms with Gasteiger partial charge >= 0.3 is 5.97 Å². The van der Waals surface area contributed by atoms with Crippen molar-refractivity contribution in [1.29, 1.82) is 0 Å². The number of aliphatic hydroxyl groups excluding tert-OH is 4. The van der Waals surface area contributed by atoms with Gasteiger partial charge in [0.2, 0.25) is 0 Å². The second-order valence-electron chi connectivity index (χ2n) is 8.90. The van der Waals surface area contributed by atoms with Gasteiger partial charge in [-0.05, 0) is 43.4 Å². The number of allylic oxidation sites excluding steroid dienone is 2. The number of hydrogen-bond acceptors (Lipinski definition) is 7. The molecular weight excluding hydrogens is 416 g/mol. The Morgan fingerprint density at radius 3 is 2.40 bits per heavy atom. The van der Waals surface area contributed by atoms with E-state index >= 15 is 0 Å². The molecule has 1 fully saturated rings. The molecular formula is C20H32O9S.